The molecule has 0 amide bonds. The Hall–Kier alpha value is -2.30. The minimum atomic E-state index is -0.873. The molecule has 0 atom stereocenters. The van der Waals surface area contributed by atoms with Gasteiger partial charge >= 0.3 is 11.9 Å². The van der Waals surface area contributed by atoms with Crippen LogP contribution in [0.4, 0.5) is 0 Å². The Morgan fingerprint density at radius 3 is 2.59 bits per heavy atom. The molecule has 1 spiro atoms. The number of esters is 2. The van der Waals surface area contributed by atoms with E-state index in [0.717, 1.165) is 31.8 Å². The third-order valence-corrected chi connectivity index (χ3v) is 4.01. The number of carbonyl (C=O) groups is 2. The predicted molar refractivity (Wildman–Crippen MR) is 78.8 cm³/mol. The molecule has 2 aliphatic rings. The number of hydrogen-bond donors (Lipinski definition) is 0. The third-order valence-electron chi connectivity index (χ3n) is 4.01. The quantitative estimate of drug-likeness (QED) is 0.476. The van der Waals surface area contributed by atoms with Crippen LogP contribution in [-0.2, 0) is 9.53 Å². The first-order chi connectivity index (χ1) is 10.6. The molecule has 0 unspecified atom stereocenters. The zero-order chi connectivity index (χ0) is 15.6. The van der Waals surface area contributed by atoms with E-state index in [1.807, 2.05) is 0 Å². The number of rotatable bonds is 2. The summed E-state index contributed by atoms with van der Waals surface area (Å²) in [6, 6.07) is 4.93. The first kappa shape index (κ1) is 14.6. The summed E-state index contributed by atoms with van der Waals surface area (Å²) in [6.07, 6.45) is 6.59. The average molecular weight is 302 g/mol. The van der Waals surface area contributed by atoms with Gasteiger partial charge in [0.05, 0.1) is 0 Å². The molecule has 1 aromatic rings. The van der Waals surface area contributed by atoms with Gasteiger partial charge in [-0.25, -0.2) is 9.59 Å². The molecular formula is C17H18O5. The number of fused-ring (bicyclic) bond motifs is 1. The Morgan fingerprint density at radius 1 is 1.18 bits per heavy atom. The van der Waals surface area contributed by atoms with Gasteiger partial charge in [-0.15, -0.1) is 0 Å². The summed E-state index contributed by atoms with van der Waals surface area (Å²) < 4.78 is 16.7. The average Bonchev–Trinajstić information content (AvgIpc) is 2.72. The van der Waals surface area contributed by atoms with Gasteiger partial charge in [0.25, 0.3) is 5.79 Å². The molecule has 0 radical (unpaired) electrons. The maximum atomic E-state index is 12.4. The molecular weight excluding hydrogens is 284 g/mol. The minimum Gasteiger partial charge on any atom is -0.451 e. The first-order valence-electron chi connectivity index (χ1n) is 7.53. The Labute approximate surface area is 128 Å². The van der Waals surface area contributed by atoms with Crippen molar-refractivity contribution in [1.29, 1.82) is 0 Å². The maximum absolute atomic E-state index is 12.4. The molecule has 0 N–H and O–H groups in total. The second-order valence-electron chi connectivity index (χ2n) is 5.57. The van der Waals surface area contributed by atoms with E-state index in [4.69, 9.17) is 14.2 Å². The van der Waals surface area contributed by atoms with E-state index in [-0.39, 0.29) is 11.3 Å². The van der Waals surface area contributed by atoms with Gasteiger partial charge in [0.2, 0.25) is 0 Å². The lowest BCUT2D eigenvalue weighted by atomic mass is 10.0. The van der Waals surface area contributed by atoms with E-state index in [1.54, 1.807) is 12.1 Å². The van der Waals surface area contributed by atoms with Gasteiger partial charge in [0, 0.05) is 18.9 Å². The van der Waals surface area contributed by atoms with Crippen molar-refractivity contribution >= 4 is 11.9 Å². The van der Waals surface area contributed by atoms with E-state index in [2.05, 4.69) is 6.58 Å². The van der Waals surface area contributed by atoms with Crippen molar-refractivity contribution in [2.75, 3.05) is 0 Å². The van der Waals surface area contributed by atoms with Crippen LogP contribution in [0.3, 0.4) is 0 Å². The number of carbonyl (C=O) groups excluding carboxylic acids is 2. The highest BCUT2D eigenvalue weighted by Crippen LogP contribution is 2.42. The van der Waals surface area contributed by atoms with Crippen molar-refractivity contribution in [1.82, 2.24) is 0 Å². The Kier molecular flexibility index (Phi) is 3.88. The molecule has 0 aromatic heterocycles. The summed E-state index contributed by atoms with van der Waals surface area (Å²) in [5.74, 6) is -1.46. The lowest BCUT2D eigenvalue weighted by Crippen LogP contribution is -2.44. The molecule has 5 heteroatoms. The lowest BCUT2D eigenvalue weighted by molar-refractivity contribution is -0.162. The molecule has 1 aliphatic heterocycles. The second-order valence-corrected chi connectivity index (χ2v) is 5.57. The standard InChI is InChI=1S/C17H18O5/c1-2-14(18)20-12-8-7-9-13-15(12)16(19)22-17(21-13)10-5-3-4-6-11-17/h2,7-9H,1,3-6,10-11H2. The van der Waals surface area contributed by atoms with Crippen molar-refractivity contribution < 1.29 is 23.8 Å². The highest BCUT2D eigenvalue weighted by molar-refractivity contribution is 5.98. The van der Waals surface area contributed by atoms with Gasteiger partial charge < -0.3 is 14.2 Å². The summed E-state index contributed by atoms with van der Waals surface area (Å²) in [7, 11) is 0. The molecule has 1 fully saturated rings. The van der Waals surface area contributed by atoms with E-state index in [1.165, 1.54) is 6.07 Å². The molecule has 0 bridgehead atoms. The zero-order valence-electron chi connectivity index (χ0n) is 12.3. The van der Waals surface area contributed by atoms with Crippen molar-refractivity contribution in [2.24, 2.45) is 0 Å². The van der Waals surface area contributed by atoms with E-state index >= 15 is 0 Å². The largest absolute Gasteiger partial charge is 0.451 e. The van der Waals surface area contributed by atoms with Gasteiger partial charge in [0.15, 0.2) is 0 Å². The molecule has 1 heterocycles. The lowest BCUT2D eigenvalue weighted by Gasteiger charge is -2.37. The number of hydrogen-bond acceptors (Lipinski definition) is 5. The molecule has 1 aliphatic carbocycles. The summed E-state index contributed by atoms with van der Waals surface area (Å²) in [5, 5.41) is 0. The van der Waals surface area contributed by atoms with Gasteiger partial charge in [-0.1, -0.05) is 25.5 Å². The highest BCUT2D eigenvalue weighted by atomic mass is 16.7. The predicted octanol–water partition coefficient (Wildman–Crippen LogP) is 3.38. The normalized spacial score (nSPS) is 19.4. The fraction of sp³-hybridized carbons (Fsp3) is 0.412. The summed E-state index contributed by atoms with van der Waals surface area (Å²) in [4.78, 5) is 23.8. The van der Waals surface area contributed by atoms with Gasteiger partial charge in [-0.2, -0.15) is 0 Å². The Morgan fingerprint density at radius 2 is 1.91 bits per heavy atom. The number of ether oxygens (including phenoxy) is 3. The smallest absolute Gasteiger partial charge is 0.349 e. The van der Waals surface area contributed by atoms with Crippen LogP contribution >= 0.6 is 0 Å². The second kappa shape index (κ2) is 5.83. The van der Waals surface area contributed by atoms with E-state index in [9.17, 15) is 9.59 Å². The van der Waals surface area contributed by atoms with Crippen LogP contribution in [-0.4, -0.2) is 17.7 Å². The van der Waals surface area contributed by atoms with Crippen molar-refractivity contribution in [2.45, 2.75) is 44.3 Å². The highest BCUT2D eigenvalue weighted by Gasteiger charge is 2.43. The van der Waals surface area contributed by atoms with Crippen LogP contribution in [0.5, 0.6) is 11.5 Å². The van der Waals surface area contributed by atoms with Gasteiger partial charge in [-0.3, -0.25) is 0 Å². The van der Waals surface area contributed by atoms with Crippen LogP contribution in [0.1, 0.15) is 48.9 Å². The monoisotopic (exact) mass is 302 g/mol. The molecule has 116 valence electrons. The molecule has 1 aromatic carbocycles. The topological polar surface area (TPSA) is 61.8 Å². The van der Waals surface area contributed by atoms with Crippen LogP contribution in [0.15, 0.2) is 30.9 Å². The van der Waals surface area contributed by atoms with Crippen molar-refractivity contribution in [3.8, 4) is 11.5 Å². The van der Waals surface area contributed by atoms with Crippen molar-refractivity contribution in [3.05, 3.63) is 36.4 Å². The molecule has 0 saturated heterocycles. The first-order valence-corrected chi connectivity index (χ1v) is 7.53. The fourth-order valence-corrected chi connectivity index (χ4v) is 2.94. The zero-order valence-corrected chi connectivity index (χ0v) is 12.3. The third kappa shape index (κ3) is 2.71. The van der Waals surface area contributed by atoms with Gasteiger partial charge in [-0.05, 0) is 25.0 Å². The van der Waals surface area contributed by atoms with Crippen molar-refractivity contribution in [3.63, 3.8) is 0 Å². The van der Waals surface area contributed by atoms with E-state index < -0.39 is 17.7 Å². The molecule has 22 heavy (non-hydrogen) atoms. The summed E-state index contributed by atoms with van der Waals surface area (Å²) >= 11 is 0. The van der Waals surface area contributed by atoms with Gasteiger partial charge in [0.1, 0.15) is 17.1 Å². The molecule has 1 saturated carbocycles. The fourth-order valence-electron chi connectivity index (χ4n) is 2.94. The Balaban J connectivity index is 1.94. The van der Waals surface area contributed by atoms with E-state index in [0.29, 0.717) is 18.6 Å². The Bertz CT molecular complexity index is 611. The van der Waals surface area contributed by atoms with Crippen LogP contribution < -0.4 is 9.47 Å². The number of benzene rings is 1. The summed E-state index contributed by atoms with van der Waals surface area (Å²) in [6.45, 7) is 3.34. The summed E-state index contributed by atoms with van der Waals surface area (Å²) in [5.41, 5.74) is 0.160. The SMILES string of the molecule is C=CC(=O)Oc1cccc2c1C(=O)OC1(CCCCCC1)O2. The van der Waals surface area contributed by atoms with Crippen LogP contribution in [0, 0.1) is 0 Å². The van der Waals surface area contributed by atoms with Crippen LogP contribution in [0.25, 0.3) is 0 Å². The van der Waals surface area contributed by atoms with Crippen LogP contribution in [0.2, 0.25) is 0 Å². The molecule has 3 rings (SSSR count). The molecule has 5 nitrogen and oxygen atoms in total. The minimum absolute atomic E-state index is 0.135. The maximum Gasteiger partial charge on any atom is 0.349 e.